The first-order valence-corrected chi connectivity index (χ1v) is 8.01. The van der Waals surface area contributed by atoms with Crippen LogP contribution in [-0.2, 0) is 14.8 Å². The number of halogens is 1. The Morgan fingerprint density at radius 3 is 2.71 bits per heavy atom. The van der Waals surface area contributed by atoms with Gasteiger partial charge in [0.05, 0.1) is 0 Å². The average Bonchev–Trinajstić information content (AvgIpc) is 2.37. The van der Waals surface area contributed by atoms with Gasteiger partial charge in [0.25, 0.3) is 0 Å². The summed E-state index contributed by atoms with van der Waals surface area (Å²) < 4.78 is 41.1. The number of anilines is 1. The molecule has 1 aliphatic heterocycles. The second-order valence-electron chi connectivity index (χ2n) is 5.28. The molecular weight excluding hydrogens is 297 g/mol. The zero-order valence-corrected chi connectivity index (χ0v) is 12.7. The molecule has 8 heteroatoms. The number of hydrogen-bond acceptors (Lipinski definition) is 4. The van der Waals surface area contributed by atoms with E-state index in [0.717, 1.165) is 6.07 Å². The van der Waals surface area contributed by atoms with Crippen LogP contribution in [0.25, 0.3) is 0 Å². The van der Waals surface area contributed by atoms with Crippen LogP contribution in [0.4, 0.5) is 10.1 Å². The van der Waals surface area contributed by atoms with Gasteiger partial charge >= 0.3 is 0 Å². The number of rotatable bonds is 3. The van der Waals surface area contributed by atoms with Crippen LogP contribution in [0, 0.1) is 12.7 Å². The molecule has 1 aliphatic rings. The number of likely N-dealkylation sites (N-methyl/N-ethyl adjacent to an activating group) is 1. The molecule has 0 bridgehead atoms. The normalized spacial score (nSPS) is 19.9. The SMILES string of the molecule is Cc1cc(N)cc(S(=O)(=O)NC2CCC(=O)N(C)C2)c1F. The van der Waals surface area contributed by atoms with Gasteiger partial charge in [0.2, 0.25) is 15.9 Å². The lowest BCUT2D eigenvalue weighted by atomic mass is 10.1. The van der Waals surface area contributed by atoms with E-state index in [0.29, 0.717) is 6.42 Å². The van der Waals surface area contributed by atoms with Crippen LogP contribution < -0.4 is 10.5 Å². The van der Waals surface area contributed by atoms with Crippen molar-refractivity contribution in [2.45, 2.75) is 30.7 Å². The Labute approximate surface area is 123 Å². The van der Waals surface area contributed by atoms with Crippen LogP contribution in [0.2, 0.25) is 0 Å². The van der Waals surface area contributed by atoms with Crippen molar-refractivity contribution in [1.29, 1.82) is 0 Å². The van der Waals surface area contributed by atoms with E-state index < -0.39 is 26.8 Å². The minimum atomic E-state index is -4.02. The lowest BCUT2D eigenvalue weighted by molar-refractivity contribution is -0.132. The monoisotopic (exact) mass is 315 g/mol. The summed E-state index contributed by atoms with van der Waals surface area (Å²) in [5.74, 6) is -0.839. The first kappa shape index (κ1) is 15.7. The quantitative estimate of drug-likeness (QED) is 0.800. The summed E-state index contributed by atoms with van der Waals surface area (Å²) in [4.78, 5) is 12.4. The first-order chi connectivity index (χ1) is 9.70. The number of sulfonamides is 1. The highest BCUT2D eigenvalue weighted by Crippen LogP contribution is 2.22. The van der Waals surface area contributed by atoms with E-state index in [4.69, 9.17) is 5.73 Å². The summed E-state index contributed by atoms with van der Waals surface area (Å²) in [6.45, 7) is 1.72. The Hall–Kier alpha value is -1.67. The standard InChI is InChI=1S/C13H18FN3O3S/c1-8-5-9(15)6-11(13(8)14)21(19,20)16-10-3-4-12(18)17(2)7-10/h5-6,10,16H,3-4,7,15H2,1-2H3. The molecule has 0 radical (unpaired) electrons. The van der Waals surface area contributed by atoms with E-state index in [2.05, 4.69) is 4.72 Å². The second-order valence-corrected chi connectivity index (χ2v) is 6.96. The van der Waals surface area contributed by atoms with Gasteiger partial charge in [-0.25, -0.2) is 17.5 Å². The number of benzene rings is 1. The maximum absolute atomic E-state index is 14.0. The van der Waals surface area contributed by atoms with Crippen molar-refractivity contribution >= 4 is 21.6 Å². The Balaban J connectivity index is 2.25. The molecular formula is C13H18FN3O3S. The lowest BCUT2D eigenvalue weighted by Crippen LogP contribution is -2.48. The smallest absolute Gasteiger partial charge is 0.243 e. The van der Waals surface area contributed by atoms with E-state index in [-0.39, 0.29) is 30.1 Å². The van der Waals surface area contributed by atoms with Gasteiger partial charge in [0.1, 0.15) is 10.7 Å². The van der Waals surface area contributed by atoms with Gasteiger partial charge in [0.15, 0.2) is 0 Å². The van der Waals surface area contributed by atoms with E-state index in [1.165, 1.54) is 17.9 Å². The fourth-order valence-corrected chi connectivity index (χ4v) is 3.80. The molecule has 0 aliphatic carbocycles. The van der Waals surface area contributed by atoms with Crippen LogP contribution in [0.3, 0.4) is 0 Å². The summed E-state index contributed by atoms with van der Waals surface area (Å²) >= 11 is 0. The van der Waals surface area contributed by atoms with Gasteiger partial charge in [-0.2, -0.15) is 0 Å². The Kier molecular flexibility index (Phi) is 4.20. The zero-order chi connectivity index (χ0) is 15.8. The molecule has 1 saturated heterocycles. The topological polar surface area (TPSA) is 92.5 Å². The fraction of sp³-hybridized carbons (Fsp3) is 0.462. The van der Waals surface area contributed by atoms with Crippen LogP contribution >= 0.6 is 0 Å². The number of amides is 1. The number of likely N-dealkylation sites (tertiary alicyclic amines) is 1. The number of nitrogens with two attached hydrogens (primary N) is 1. The highest BCUT2D eigenvalue weighted by molar-refractivity contribution is 7.89. The third kappa shape index (κ3) is 3.33. The molecule has 6 nitrogen and oxygen atoms in total. The molecule has 0 aromatic heterocycles. The highest BCUT2D eigenvalue weighted by atomic mass is 32.2. The molecule has 1 fully saturated rings. The third-order valence-corrected chi connectivity index (χ3v) is 5.00. The van der Waals surface area contributed by atoms with Gasteiger partial charge in [-0.15, -0.1) is 0 Å². The van der Waals surface area contributed by atoms with E-state index in [1.54, 1.807) is 7.05 Å². The van der Waals surface area contributed by atoms with Gasteiger partial charge in [-0.05, 0) is 31.0 Å². The molecule has 1 atom stereocenters. The number of aryl methyl sites for hydroxylation is 1. The van der Waals surface area contributed by atoms with Crippen molar-refractivity contribution in [2.75, 3.05) is 19.3 Å². The summed E-state index contributed by atoms with van der Waals surface area (Å²) in [5, 5.41) is 0. The molecule has 0 spiro atoms. The van der Waals surface area contributed by atoms with Crippen LogP contribution in [0.1, 0.15) is 18.4 Å². The Bertz CT molecular complexity index is 675. The summed E-state index contributed by atoms with van der Waals surface area (Å²) in [5.41, 5.74) is 5.94. The van der Waals surface area contributed by atoms with Crippen LogP contribution in [-0.4, -0.2) is 38.9 Å². The fourth-order valence-electron chi connectivity index (χ4n) is 2.35. The average molecular weight is 315 g/mol. The molecule has 0 saturated carbocycles. The van der Waals surface area contributed by atoms with Crippen LogP contribution in [0.15, 0.2) is 17.0 Å². The number of hydrogen-bond donors (Lipinski definition) is 2. The van der Waals surface area contributed by atoms with Crippen molar-refractivity contribution in [2.24, 2.45) is 0 Å². The van der Waals surface area contributed by atoms with Gasteiger partial charge < -0.3 is 10.6 Å². The minimum absolute atomic E-state index is 0.0311. The number of piperidine rings is 1. The van der Waals surface area contributed by atoms with Crippen molar-refractivity contribution in [1.82, 2.24) is 9.62 Å². The number of carbonyl (C=O) groups excluding carboxylic acids is 1. The van der Waals surface area contributed by atoms with Gasteiger partial charge in [0, 0.05) is 31.7 Å². The van der Waals surface area contributed by atoms with Gasteiger partial charge in [-0.1, -0.05) is 0 Å². The summed E-state index contributed by atoms with van der Waals surface area (Å²) in [6, 6.07) is 2.04. The number of nitrogens with one attached hydrogen (secondary N) is 1. The molecule has 2 rings (SSSR count). The third-order valence-electron chi connectivity index (χ3n) is 3.48. The molecule has 1 aromatic rings. The Morgan fingerprint density at radius 2 is 2.10 bits per heavy atom. The largest absolute Gasteiger partial charge is 0.399 e. The van der Waals surface area contributed by atoms with E-state index >= 15 is 0 Å². The van der Waals surface area contributed by atoms with Crippen molar-refractivity contribution < 1.29 is 17.6 Å². The highest BCUT2D eigenvalue weighted by Gasteiger charge is 2.29. The number of nitrogen functional groups attached to an aromatic ring is 1. The van der Waals surface area contributed by atoms with E-state index in [9.17, 15) is 17.6 Å². The molecule has 3 N–H and O–H groups in total. The first-order valence-electron chi connectivity index (χ1n) is 6.52. The van der Waals surface area contributed by atoms with E-state index in [1.807, 2.05) is 0 Å². The number of carbonyl (C=O) groups is 1. The van der Waals surface area contributed by atoms with Crippen molar-refractivity contribution in [3.05, 3.63) is 23.5 Å². The summed E-state index contributed by atoms with van der Waals surface area (Å²) in [7, 11) is -2.41. The van der Waals surface area contributed by atoms with Gasteiger partial charge in [-0.3, -0.25) is 4.79 Å². The van der Waals surface area contributed by atoms with Crippen LogP contribution in [0.5, 0.6) is 0 Å². The predicted octanol–water partition coefficient (Wildman–Crippen LogP) is 0.615. The second kappa shape index (κ2) is 5.61. The van der Waals surface area contributed by atoms with Crippen molar-refractivity contribution in [3.8, 4) is 0 Å². The van der Waals surface area contributed by atoms with Crippen molar-refractivity contribution in [3.63, 3.8) is 0 Å². The molecule has 1 aromatic carbocycles. The Morgan fingerprint density at radius 1 is 1.43 bits per heavy atom. The maximum Gasteiger partial charge on any atom is 0.243 e. The lowest BCUT2D eigenvalue weighted by Gasteiger charge is -2.30. The molecule has 21 heavy (non-hydrogen) atoms. The minimum Gasteiger partial charge on any atom is -0.399 e. The molecule has 1 heterocycles. The molecule has 1 amide bonds. The molecule has 116 valence electrons. The number of nitrogens with zero attached hydrogens (tertiary/aromatic N) is 1. The summed E-state index contributed by atoms with van der Waals surface area (Å²) in [6.07, 6.45) is 0.660. The molecule has 1 unspecified atom stereocenters. The maximum atomic E-state index is 14.0. The zero-order valence-electron chi connectivity index (χ0n) is 11.9. The predicted molar refractivity (Wildman–Crippen MR) is 76.5 cm³/mol.